The summed E-state index contributed by atoms with van der Waals surface area (Å²) in [6.45, 7) is 4.33. The molecule has 3 heterocycles. The first kappa shape index (κ1) is 27.2. The summed E-state index contributed by atoms with van der Waals surface area (Å²) >= 11 is 1.09. The van der Waals surface area contributed by atoms with Crippen LogP contribution < -0.4 is 4.90 Å². The van der Waals surface area contributed by atoms with Gasteiger partial charge < -0.3 is 14.9 Å². The Labute approximate surface area is 229 Å². The van der Waals surface area contributed by atoms with E-state index in [2.05, 4.69) is 4.90 Å². The zero-order chi connectivity index (χ0) is 27.9. The first-order valence-corrected chi connectivity index (χ1v) is 13.9. The van der Waals surface area contributed by atoms with E-state index in [0.717, 1.165) is 34.8 Å². The van der Waals surface area contributed by atoms with Gasteiger partial charge in [-0.1, -0.05) is 30.3 Å². The number of allylic oxidation sites excluding steroid dienone is 2. The second-order valence-corrected chi connectivity index (χ2v) is 11.6. The zero-order valence-electron chi connectivity index (χ0n) is 21.7. The van der Waals surface area contributed by atoms with Gasteiger partial charge in [-0.15, -0.1) is 11.3 Å². The summed E-state index contributed by atoms with van der Waals surface area (Å²) < 4.78 is 39.4. The highest BCUT2D eigenvalue weighted by Crippen LogP contribution is 2.43. The Balaban J connectivity index is 1.38. The van der Waals surface area contributed by atoms with Crippen molar-refractivity contribution < 1.29 is 27.9 Å². The minimum atomic E-state index is -4.26. The van der Waals surface area contributed by atoms with Crippen LogP contribution >= 0.6 is 11.3 Å². The van der Waals surface area contributed by atoms with Gasteiger partial charge in [0.1, 0.15) is 10.7 Å². The summed E-state index contributed by atoms with van der Waals surface area (Å²) in [5.74, 6) is -2.48. The van der Waals surface area contributed by atoms with Gasteiger partial charge in [0.25, 0.3) is 0 Å². The van der Waals surface area contributed by atoms with Gasteiger partial charge >= 0.3 is 12.1 Å². The number of benzene rings is 1. The minimum Gasteiger partial charge on any atom is -0.477 e. The number of anilines is 1. The van der Waals surface area contributed by atoms with Crippen molar-refractivity contribution in [3.63, 3.8) is 0 Å². The molecule has 1 atom stereocenters. The van der Waals surface area contributed by atoms with Crippen LogP contribution in [0.25, 0.3) is 10.4 Å². The number of hydrogen-bond acceptors (Lipinski definition) is 5. The lowest BCUT2D eigenvalue weighted by Crippen LogP contribution is -2.43. The number of halogens is 3. The molecule has 2 aliphatic heterocycles. The van der Waals surface area contributed by atoms with Crippen molar-refractivity contribution in [3.05, 3.63) is 65.2 Å². The molecule has 6 nitrogen and oxygen atoms in total. The number of amidine groups is 1. The number of thiophene rings is 1. The fraction of sp³-hybridized carbons (Fsp3) is 0.414. The third kappa shape index (κ3) is 5.52. The monoisotopic (exact) mass is 557 g/mol. The summed E-state index contributed by atoms with van der Waals surface area (Å²) in [6.07, 6.45) is 3.74. The maximum atomic E-state index is 13.5. The molecule has 2 aromatic rings. The number of fused-ring (bicyclic) bond motifs is 1. The summed E-state index contributed by atoms with van der Waals surface area (Å²) in [5, 5.41) is 9.98. The second kappa shape index (κ2) is 10.6. The molecule has 1 fully saturated rings. The molecule has 39 heavy (non-hydrogen) atoms. The van der Waals surface area contributed by atoms with E-state index in [1.165, 1.54) is 4.90 Å². The second-order valence-electron chi connectivity index (χ2n) is 10.5. The Morgan fingerprint density at radius 3 is 2.38 bits per heavy atom. The Bertz CT molecular complexity index is 1340. The minimum absolute atomic E-state index is 0.00332. The molecule has 1 aromatic heterocycles. The van der Waals surface area contributed by atoms with Crippen LogP contribution in [0.3, 0.4) is 0 Å². The Morgan fingerprint density at radius 1 is 1.10 bits per heavy atom. The lowest BCUT2D eigenvalue weighted by atomic mass is 9.81. The highest BCUT2D eigenvalue weighted by Gasteiger charge is 2.43. The summed E-state index contributed by atoms with van der Waals surface area (Å²) in [5.41, 5.74) is 2.16. The van der Waals surface area contributed by atoms with Crippen LogP contribution in [0.5, 0.6) is 0 Å². The first-order chi connectivity index (χ1) is 18.5. The van der Waals surface area contributed by atoms with Crippen molar-refractivity contribution in [2.75, 3.05) is 11.4 Å². The van der Waals surface area contributed by atoms with Crippen molar-refractivity contribution in [3.8, 4) is 10.4 Å². The average Bonchev–Trinajstić information content (AvgIpc) is 3.53. The average molecular weight is 558 g/mol. The summed E-state index contributed by atoms with van der Waals surface area (Å²) in [6, 6.07) is 9.19. The van der Waals surface area contributed by atoms with E-state index >= 15 is 0 Å². The normalized spacial score (nSPS) is 22.7. The van der Waals surface area contributed by atoms with Crippen LogP contribution in [0.15, 0.2) is 59.8 Å². The molecule has 0 bridgehead atoms. The van der Waals surface area contributed by atoms with Gasteiger partial charge in [-0.2, -0.15) is 13.2 Å². The fourth-order valence-corrected chi connectivity index (χ4v) is 6.54. The lowest BCUT2D eigenvalue weighted by molar-refractivity contribution is -0.184. The quantitative estimate of drug-likeness (QED) is 0.413. The molecular formula is C29H30F3N3O3S. The Kier molecular flexibility index (Phi) is 7.41. The molecular weight excluding hydrogens is 527 g/mol. The molecule has 1 amide bonds. The number of carboxylic acids is 1. The van der Waals surface area contributed by atoms with Gasteiger partial charge in [0.15, 0.2) is 0 Å². The predicted octanol–water partition coefficient (Wildman–Crippen LogP) is 7.06. The number of rotatable bonds is 6. The first-order valence-electron chi connectivity index (χ1n) is 13.1. The maximum absolute atomic E-state index is 13.5. The largest absolute Gasteiger partial charge is 0.477 e. The summed E-state index contributed by atoms with van der Waals surface area (Å²) in [4.78, 5) is 34.8. The van der Waals surface area contributed by atoms with Crippen molar-refractivity contribution >= 4 is 34.7 Å². The molecule has 1 saturated carbocycles. The highest BCUT2D eigenvalue weighted by molar-refractivity contribution is 7.18. The number of amides is 1. The van der Waals surface area contributed by atoms with E-state index in [1.54, 1.807) is 19.9 Å². The number of alkyl halides is 3. The molecule has 206 valence electrons. The predicted molar refractivity (Wildman–Crippen MR) is 146 cm³/mol. The van der Waals surface area contributed by atoms with Gasteiger partial charge in [0, 0.05) is 23.0 Å². The SMILES string of the molecule is CC(C)N(c1cc(-c2ccc(C3CN4C=CC=CC4=N3)cc2)sc1C(=O)O)C(=O)[C@H]1CC[C@H](C(F)(F)F)CC1. The lowest BCUT2D eigenvalue weighted by Gasteiger charge is -2.34. The third-order valence-corrected chi connectivity index (χ3v) is 8.78. The van der Waals surface area contributed by atoms with Crippen molar-refractivity contribution in [1.82, 2.24) is 4.90 Å². The summed E-state index contributed by atoms with van der Waals surface area (Å²) in [7, 11) is 0. The topological polar surface area (TPSA) is 73.2 Å². The molecule has 1 N–H and O–H groups in total. The third-order valence-electron chi connectivity index (χ3n) is 7.61. The van der Waals surface area contributed by atoms with Crippen LogP contribution in [0.1, 0.15) is 60.8 Å². The number of aromatic carboxylic acids is 1. The molecule has 0 spiro atoms. The number of nitrogens with zero attached hydrogens (tertiary/aromatic N) is 3. The molecule has 1 aromatic carbocycles. The van der Waals surface area contributed by atoms with Crippen LogP contribution in [0, 0.1) is 11.8 Å². The van der Waals surface area contributed by atoms with Gasteiger partial charge in [-0.25, -0.2) is 4.79 Å². The maximum Gasteiger partial charge on any atom is 0.391 e. The van der Waals surface area contributed by atoms with Crippen LogP contribution in [-0.4, -0.2) is 46.5 Å². The van der Waals surface area contributed by atoms with Gasteiger partial charge in [0.2, 0.25) is 5.91 Å². The van der Waals surface area contributed by atoms with Crippen LogP contribution in [0.2, 0.25) is 0 Å². The molecule has 1 aliphatic carbocycles. The Hall–Kier alpha value is -3.40. The van der Waals surface area contributed by atoms with Crippen molar-refractivity contribution in [2.45, 2.75) is 57.8 Å². The number of carboxylic acid groups (broad SMARTS) is 1. The molecule has 1 unspecified atom stereocenters. The fourth-order valence-electron chi connectivity index (χ4n) is 5.55. The molecule has 5 rings (SSSR count). The molecule has 3 aliphatic rings. The van der Waals surface area contributed by atoms with E-state index < -0.39 is 24.0 Å². The zero-order valence-corrected chi connectivity index (χ0v) is 22.5. The van der Waals surface area contributed by atoms with E-state index in [-0.39, 0.29) is 48.6 Å². The van der Waals surface area contributed by atoms with E-state index in [0.29, 0.717) is 10.6 Å². The van der Waals surface area contributed by atoms with Crippen LogP contribution in [-0.2, 0) is 4.79 Å². The van der Waals surface area contributed by atoms with Crippen LogP contribution in [0.4, 0.5) is 18.9 Å². The van der Waals surface area contributed by atoms with E-state index in [9.17, 15) is 27.9 Å². The molecule has 10 heteroatoms. The van der Waals surface area contributed by atoms with E-state index in [4.69, 9.17) is 4.99 Å². The van der Waals surface area contributed by atoms with E-state index in [1.807, 2.05) is 48.7 Å². The highest BCUT2D eigenvalue weighted by atomic mass is 32.1. The Morgan fingerprint density at radius 2 is 1.79 bits per heavy atom. The number of hydrogen-bond donors (Lipinski definition) is 1. The number of carbonyl (C=O) groups excluding carboxylic acids is 1. The van der Waals surface area contributed by atoms with Gasteiger partial charge in [-0.05, 0) is 68.9 Å². The molecule has 0 radical (unpaired) electrons. The standard InChI is InChI=1S/C29H30F3N3O3S/c1-17(2)35(27(36)20-10-12-21(13-11-20)29(30,31)32)23-15-24(39-26(23)28(37)38)19-8-6-18(7-9-19)22-16-34-14-4-3-5-25(34)33-22/h3-9,14-15,17,20-22H,10-13,16H2,1-2H3,(H,37,38)/t20-,21-,22?. The molecule has 0 saturated heterocycles. The smallest absolute Gasteiger partial charge is 0.391 e. The number of carbonyl (C=O) groups is 2. The van der Waals surface area contributed by atoms with Crippen molar-refractivity contribution in [1.29, 1.82) is 0 Å². The van der Waals surface area contributed by atoms with Gasteiger partial charge in [-0.3, -0.25) is 9.79 Å². The number of aliphatic imine (C=N–C) groups is 1. The van der Waals surface area contributed by atoms with Crippen molar-refractivity contribution in [2.24, 2.45) is 16.8 Å². The van der Waals surface area contributed by atoms with Gasteiger partial charge in [0.05, 0.1) is 24.2 Å².